The molecule has 4 nitrogen and oxygen atoms in total. The molecule has 0 spiro atoms. The Morgan fingerprint density at radius 1 is 1.14 bits per heavy atom. The van der Waals surface area contributed by atoms with E-state index >= 15 is 0 Å². The summed E-state index contributed by atoms with van der Waals surface area (Å²) in [5.74, 6) is 0.870. The van der Waals surface area contributed by atoms with Gasteiger partial charge < -0.3 is 14.8 Å². The number of benzene rings is 2. The Balaban J connectivity index is 1.94. The molecule has 2 aromatic carbocycles. The van der Waals surface area contributed by atoms with E-state index < -0.39 is 0 Å². The molecule has 0 aliphatic carbocycles. The van der Waals surface area contributed by atoms with E-state index in [0.717, 1.165) is 0 Å². The Hall–Kier alpha value is -1.91. The first-order valence-electron chi connectivity index (χ1n) is 6.11. The monoisotopic (exact) mass is 325 g/mol. The fourth-order valence-electron chi connectivity index (χ4n) is 1.63. The molecule has 2 rings (SSSR count). The highest BCUT2D eigenvalue weighted by atomic mass is 35.5. The molecule has 0 unspecified atom stereocenters. The highest BCUT2D eigenvalue weighted by Crippen LogP contribution is 2.29. The minimum atomic E-state index is -0.331. The van der Waals surface area contributed by atoms with Crippen LogP contribution in [0.15, 0.2) is 42.5 Å². The zero-order valence-corrected chi connectivity index (χ0v) is 12.7. The van der Waals surface area contributed by atoms with Crippen LogP contribution in [0.25, 0.3) is 0 Å². The molecule has 0 saturated heterocycles. The third-order valence-corrected chi connectivity index (χ3v) is 3.46. The summed E-state index contributed by atoms with van der Waals surface area (Å²) in [6.07, 6.45) is 0. The molecule has 0 radical (unpaired) electrons. The van der Waals surface area contributed by atoms with Gasteiger partial charge in [0.25, 0.3) is 5.91 Å². The van der Waals surface area contributed by atoms with Gasteiger partial charge in [0.15, 0.2) is 6.61 Å². The molecule has 0 aliphatic heterocycles. The Bertz CT molecular complexity index is 647. The molecule has 2 aromatic rings. The molecule has 0 atom stereocenters. The predicted molar refractivity (Wildman–Crippen MR) is 83.6 cm³/mol. The van der Waals surface area contributed by atoms with E-state index in [1.807, 2.05) is 0 Å². The van der Waals surface area contributed by atoms with Gasteiger partial charge in [0.1, 0.15) is 11.5 Å². The number of halogens is 2. The second-order valence-electron chi connectivity index (χ2n) is 4.12. The summed E-state index contributed by atoms with van der Waals surface area (Å²) in [7, 11) is 1.56. The average Bonchev–Trinajstić information content (AvgIpc) is 2.50. The fraction of sp³-hybridized carbons (Fsp3) is 0.133. The maximum atomic E-state index is 11.8. The third kappa shape index (κ3) is 4.28. The summed E-state index contributed by atoms with van der Waals surface area (Å²) in [5, 5.41) is 3.32. The van der Waals surface area contributed by atoms with E-state index in [1.54, 1.807) is 49.6 Å². The second-order valence-corrected chi connectivity index (χ2v) is 4.90. The molecular weight excluding hydrogens is 313 g/mol. The van der Waals surface area contributed by atoms with Crippen molar-refractivity contribution in [1.29, 1.82) is 0 Å². The van der Waals surface area contributed by atoms with E-state index in [-0.39, 0.29) is 12.5 Å². The van der Waals surface area contributed by atoms with Crippen molar-refractivity contribution < 1.29 is 14.3 Å². The topological polar surface area (TPSA) is 47.6 Å². The van der Waals surface area contributed by atoms with Gasteiger partial charge in [-0.1, -0.05) is 35.3 Å². The Morgan fingerprint density at radius 3 is 2.62 bits per heavy atom. The maximum Gasteiger partial charge on any atom is 0.262 e. The SMILES string of the molecule is COc1cccc(OCC(=O)Nc2cccc(Cl)c2Cl)c1. The number of carbonyl (C=O) groups is 1. The van der Waals surface area contributed by atoms with Gasteiger partial charge >= 0.3 is 0 Å². The van der Waals surface area contributed by atoms with Crippen LogP contribution in [-0.4, -0.2) is 19.6 Å². The van der Waals surface area contributed by atoms with Crippen molar-refractivity contribution >= 4 is 34.8 Å². The van der Waals surface area contributed by atoms with Crippen LogP contribution in [0.2, 0.25) is 10.0 Å². The van der Waals surface area contributed by atoms with Crippen LogP contribution < -0.4 is 14.8 Å². The lowest BCUT2D eigenvalue weighted by atomic mass is 10.3. The van der Waals surface area contributed by atoms with E-state index in [9.17, 15) is 4.79 Å². The van der Waals surface area contributed by atoms with Crippen LogP contribution >= 0.6 is 23.2 Å². The van der Waals surface area contributed by atoms with Gasteiger partial charge in [0, 0.05) is 6.07 Å². The first-order valence-corrected chi connectivity index (χ1v) is 6.86. The molecule has 110 valence electrons. The highest BCUT2D eigenvalue weighted by Gasteiger charge is 2.09. The molecular formula is C15H13Cl2NO3. The molecule has 0 fully saturated rings. The summed E-state index contributed by atoms with van der Waals surface area (Å²) in [6.45, 7) is -0.143. The number of hydrogen-bond acceptors (Lipinski definition) is 3. The van der Waals surface area contributed by atoms with Gasteiger partial charge in [-0.2, -0.15) is 0 Å². The van der Waals surface area contributed by atoms with Crippen molar-refractivity contribution in [2.75, 3.05) is 19.0 Å². The smallest absolute Gasteiger partial charge is 0.262 e. The van der Waals surface area contributed by atoms with Gasteiger partial charge in [-0.25, -0.2) is 0 Å². The summed E-state index contributed by atoms with van der Waals surface area (Å²) in [5.41, 5.74) is 0.448. The number of amides is 1. The van der Waals surface area contributed by atoms with E-state index in [4.69, 9.17) is 32.7 Å². The second kappa shape index (κ2) is 7.20. The zero-order valence-electron chi connectivity index (χ0n) is 11.2. The Kier molecular flexibility index (Phi) is 5.31. The number of methoxy groups -OCH3 is 1. The van der Waals surface area contributed by atoms with Crippen LogP contribution in [0.5, 0.6) is 11.5 Å². The molecule has 1 N–H and O–H groups in total. The number of hydrogen-bond donors (Lipinski definition) is 1. The summed E-state index contributed by atoms with van der Waals surface area (Å²) >= 11 is 11.9. The van der Waals surface area contributed by atoms with Crippen LogP contribution in [0.1, 0.15) is 0 Å². The Morgan fingerprint density at radius 2 is 1.86 bits per heavy atom. The molecule has 0 saturated carbocycles. The number of carbonyl (C=O) groups excluding carboxylic acids is 1. The van der Waals surface area contributed by atoms with Crippen molar-refractivity contribution in [1.82, 2.24) is 0 Å². The van der Waals surface area contributed by atoms with Gasteiger partial charge in [-0.3, -0.25) is 4.79 Å². The van der Waals surface area contributed by atoms with E-state index in [2.05, 4.69) is 5.32 Å². The minimum absolute atomic E-state index is 0.143. The molecule has 0 heterocycles. The molecule has 1 amide bonds. The van der Waals surface area contributed by atoms with Crippen molar-refractivity contribution in [2.45, 2.75) is 0 Å². The number of anilines is 1. The van der Waals surface area contributed by atoms with Crippen LogP contribution in [0, 0.1) is 0 Å². The number of rotatable bonds is 5. The predicted octanol–water partition coefficient (Wildman–Crippen LogP) is 4.02. The standard InChI is InChI=1S/C15H13Cl2NO3/c1-20-10-4-2-5-11(8-10)21-9-14(19)18-13-7-3-6-12(16)15(13)17/h2-8H,9H2,1H3,(H,18,19). The lowest BCUT2D eigenvalue weighted by Gasteiger charge is -2.10. The van der Waals surface area contributed by atoms with E-state index in [1.165, 1.54) is 0 Å². The van der Waals surface area contributed by atoms with Gasteiger partial charge in [0.2, 0.25) is 0 Å². The summed E-state index contributed by atoms with van der Waals surface area (Å²) in [6, 6.07) is 12.0. The van der Waals surface area contributed by atoms with Crippen molar-refractivity contribution in [3.05, 3.63) is 52.5 Å². The molecule has 0 bridgehead atoms. The molecule has 0 aliphatic rings. The first kappa shape index (κ1) is 15.5. The zero-order chi connectivity index (χ0) is 15.2. The largest absolute Gasteiger partial charge is 0.497 e. The van der Waals surface area contributed by atoms with Crippen LogP contribution in [0.3, 0.4) is 0 Å². The van der Waals surface area contributed by atoms with Crippen LogP contribution in [-0.2, 0) is 4.79 Å². The van der Waals surface area contributed by atoms with Gasteiger partial charge in [0.05, 0.1) is 22.8 Å². The lowest BCUT2D eigenvalue weighted by molar-refractivity contribution is -0.118. The average molecular weight is 326 g/mol. The maximum absolute atomic E-state index is 11.8. The van der Waals surface area contributed by atoms with E-state index in [0.29, 0.717) is 27.2 Å². The third-order valence-electron chi connectivity index (χ3n) is 2.64. The van der Waals surface area contributed by atoms with Crippen molar-refractivity contribution in [2.24, 2.45) is 0 Å². The van der Waals surface area contributed by atoms with Crippen LogP contribution in [0.4, 0.5) is 5.69 Å². The lowest BCUT2D eigenvalue weighted by Crippen LogP contribution is -2.20. The van der Waals surface area contributed by atoms with Gasteiger partial charge in [-0.05, 0) is 24.3 Å². The molecule has 6 heteroatoms. The normalized spacial score (nSPS) is 10.0. The minimum Gasteiger partial charge on any atom is -0.497 e. The number of nitrogens with one attached hydrogen (secondary N) is 1. The number of ether oxygens (including phenoxy) is 2. The molecule has 0 aromatic heterocycles. The Labute approximate surface area is 132 Å². The van der Waals surface area contributed by atoms with Crippen molar-refractivity contribution in [3.8, 4) is 11.5 Å². The summed E-state index contributed by atoms with van der Waals surface area (Å²) < 4.78 is 10.5. The van der Waals surface area contributed by atoms with Gasteiger partial charge in [-0.15, -0.1) is 0 Å². The highest BCUT2D eigenvalue weighted by molar-refractivity contribution is 6.43. The fourth-order valence-corrected chi connectivity index (χ4v) is 1.97. The van der Waals surface area contributed by atoms with Crippen molar-refractivity contribution in [3.63, 3.8) is 0 Å². The molecule has 21 heavy (non-hydrogen) atoms. The summed E-state index contributed by atoms with van der Waals surface area (Å²) in [4.78, 5) is 11.8. The first-order chi connectivity index (χ1) is 10.1. The quantitative estimate of drug-likeness (QED) is 0.903.